The first-order valence-corrected chi connectivity index (χ1v) is 7.01. The normalized spacial score (nSPS) is 10.4. The summed E-state index contributed by atoms with van der Waals surface area (Å²) < 4.78 is 15.5. The minimum atomic E-state index is -0.229. The quantitative estimate of drug-likeness (QED) is 0.831. The maximum atomic E-state index is 12.0. The number of ether oxygens (including phenoxy) is 3. The highest BCUT2D eigenvalue weighted by molar-refractivity contribution is 6.02. The van der Waals surface area contributed by atoms with Crippen molar-refractivity contribution in [2.75, 3.05) is 26.6 Å². The van der Waals surface area contributed by atoms with Crippen molar-refractivity contribution in [1.29, 1.82) is 0 Å². The van der Waals surface area contributed by atoms with Gasteiger partial charge in [0, 0.05) is 17.8 Å². The average Bonchev–Trinajstić information content (AvgIpc) is 2.59. The lowest BCUT2D eigenvalue weighted by atomic mass is 10.2. The molecule has 23 heavy (non-hydrogen) atoms. The van der Waals surface area contributed by atoms with Gasteiger partial charge in [-0.2, -0.15) is 0 Å². The van der Waals surface area contributed by atoms with Gasteiger partial charge in [0.25, 0.3) is 0 Å². The molecule has 2 aromatic rings. The van der Waals surface area contributed by atoms with Crippen molar-refractivity contribution in [3.05, 3.63) is 54.1 Å². The maximum Gasteiger partial charge on any atom is 0.248 e. The molecule has 0 bridgehead atoms. The van der Waals surface area contributed by atoms with Gasteiger partial charge in [-0.3, -0.25) is 4.79 Å². The molecule has 1 amide bonds. The summed E-state index contributed by atoms with van der Waals surface area (Å²) in [5.74, 6) is 1.72. The summed E-state index contributed by atoms with van der Waals surface area (Å²) in [6.45, 7) is 0. The number of hydrogen-bond donors (Lipinski definition) is 1. The number of nitrogens with one attached hydrogen (secondary N) is 1. The molecule has 5 nitrogen and oxygen atoms in total. The molecule has 0 aliphatic heterocycles. The van der Waals surface area contributed by atoms with Crippen molar-refractivity contribution in [3.8, 4) is 17.2 Å². The van der Waals surface area contributed by atoms with E-state index in [1.807, 2.05) is 18.2 Å². The first-order valence-electron chi connectivity index (χ1n) is 7.01. The van der Waals surface area contributed by atoms with Crippen molar-refractivity contribution < 1.29 is 19.0 Å². The summed E-state index contributed by atoms with van der Waals surface area (Å²) in [7, 11) is 4.73. The number of carbonyl (C=O) groups is 1. The third kappa shape index (κ3) is 4.51. The molecular formula is C18H19NO4. The molecule has 5 heteroatoms. The Bertz CT molecular complexity index is 710. The number of carbonyl (C=O) groups excluding carboxylic acids is 1. The van der Waals surface area contributed by atoms with Crippen LogP contribution in [0.2, 0.25) is 0 Å². The number of benzene rings is 2. The lowest BCUT2D eigenvalue weighted by Gasteiger charge is -2.07. The van der Waals surface area contributed by atoms with E-state index in [4.69, 9.17) is 14.2 Å². The van der Waals surface area contributed by atoms with Crippen LogP contribution < -0.4 is 19.5 Å². The Morgan fingerprint density at radius 2 is 1.74 bits per heavy atom. The topological polar surface area (TPSA) is 56.8 Å². The van der Waals surface area contributed by atoms with Crippen LogP contribution in [0, 0.1) is 0 Å². The van der Waals surface area contributed by atoms with E-state index in [0.717, 1.165) is 5.56 Å². The smallest absolute Gasteiger partial charge is 0.248 e. The Balaban J connectivity index is 2.05. The molecule has 0 heterocycles. The Labute approximate surface area is 135 Å². The average molecular weight is 313 g/mol. The second-order valence-electron chi connectivity index (χ2n) is 4.67. The molecule has 120 valence electrons. The standard InChI is InChI=1S/C18H19NO4/c1-21-15-6-4-5-14(12-15)19-18(20)10-8-13-7-9-16(22-2)17(11-13)23-3/h4-12H,1-3H3,(H,19,20). The van der Waals surface area contributed by atoms with Crippen LogP contribution in [0.15, 0.2) is 48.5 Å². The minimum Gasteiger partial charge on any atom is -0.497 e. The molecular weight excluding hydrogens is 294 g/mol. The predicted octanol–water partition coefficient (Wildman–Crippen LogP) is 3.36. The maximum absolute atomic E-state index is 12.0. The third-order valence-corrected chi connectivity index (χ3v) is 3.17. The molecule has 2 aromatic carbocycles. The van der Waals surface area contributed by atoms with Crippen LogP contribution in [-0.2, 0) is 4.79 Å². The van der Waals surface area contributed by atoms with Crippen LogP contribution >= 0.6 is 0 Å². The molecule has 0 aromatic heterocycles. The van der Waals surface area contributed by atoms with E-state index in [2.05, 4.69) is 5.32 Å². The van der Waals surface area contributed by atoms with Crippen LogP contribution in [0.5, 0.6) is 17.2 Å². The largest absolute Gasteiger partial charge is 0.497 e. The fourth-order valence-electron chi connectivity index (χ4n) is 2.01. The zero-order valence-corrected chi connectivity index (χ0v) is 13.3. The molecule has 0 aliphatic carbocycles. The van der Waals surface area contributed by atoms with Crippen LogP contribution in [0.1, 0.15) is 5.56 Å². The fourth-order valence-corrected chi connectivity index (χ4v) is 2.01. The van der Waals surface area contributed by atoms with E-state index in [0.29, 0.717) is 22.9 Å². The number of methoxy groups -OCH3 is 3. The monoisotopic (exact) mass is 313 g/mol. The molecule has 0 radical (unpaired) electrons. The lowest BCUT2D eigenvalue weighted by Crippen LogP contribution is -2.07. The number of rotatable bonds is 6. The van der Waals surface area contributed by atoms with Crippen LogP contribution in [0.4, 0.5) is 5.69 Å². The van der Waals surface area contributed by atoms with E-state index in [9.17, 15) is 4.79 Å². The predicted molar refractivity (Wildman–Crippen MR) is 90.2 cm³/mol. The summed E-state index contributed by atoms with van der Waals surface area (Å²) in [4.78, 5) is 12.0. The van der Waals surface area contributed by atoms with Crippen molar-refractivity contribution in [2.24, 2.45) is 0 Å². The molecule has 0 fully saturated rings. The zero-order valence-electron chi connectivity index (χ0n) is 13.3. The molecule has 2 rings (SSSR count). The SMILES string of the molecule is COc1cccc(NC(=O)C=Cc2ccc(OC)c(OC)c2)c1. The van der Waals surface area contributed by atoms with Gasteiger partial charge in [-0.15, -0.1) is 0 Å². The van der Waals surface area contributed by atoms with Gasteiger partial charge in [0.2, 0.25) is 5.91 Å². The summed E-state index contributed by atoms with van der Waals surface area (Å²) in [6, 6.07) is 12.6. The molecule has 1 N–H and O–H groups in total. The second-order valence-corrected chi connectivity index (χ2v) is 4.67. The number of anilines is 1. The van der Waals surface area contributed by atoms with Gasteiger partial charge in [0.15, 0.2) is 11.5 Å². The molecule has 0 atom stereocenters. The molecule has 0 saturated heterocycles. The summed E-state index contributed by atoms with van der Waals surface area (Å²) >= 11 is 0. The first-order chi connectivity index (χ1) is 11.2. The van der Waals surface area contributed by atoms with Gasteiger partial charge in [-0.1, -0.05) is 12.1 Å². The van der Waals surface area contributed by atoms with Crippen LogP contribution in [-0.4, -0.2) is 27.2 Å². The van der Waals surface area contributed by atoms with Gasteiger partial charge in [0.05, 0.1) is 21.3 Å². The zero-order chi connectivity index (χ0) is 16.7. The molecule has 0 aliphatic rings. The van der Waals surface area contributed by atoms with Crippen LogP contribution in [0.25, 0.3) is 6.08 Å². The Hall–Kier alpha value is -2.95. The molecule has 0 spiro atoms. The van der Waals surface area contributed by atoms with Crippen molar-refractivity contribution >= 4 is 17.7 Å². The Kier molecular flexibility index (Phi) is 5.63. The molecule has 0 saturated carbocycles. The highest BCUT2D eigenvalue weighted by Gasteiger charge is 2.03. The van der Waals surface area contributed by atoms with Crippen molar-refractivity contribution in [3.63, 3.8) is 0 Å². The summed E-state index contributed by atoms with van der Waals surface area (Å²) in [6.07, 6.45) is 3.16. The van der Waals surface area contributed by atoms with Gasteiger partial charge in [-0.25, -0.2) is 0 Å². The number of hydrogen-bond acceptors (Lipinski definition) is 4. The van der Waals surface area contributed by atoms with Crippen molar-refractivity contribution in [2.45, 2.75) is 0 Å². The van der Waals surface area contributed by atoms with E-state index in [1.165, 1.54) is 6.08 Å². The van der Waals surface area contributed by atoms with Gasteiger partial charge < -0.3 is 19.5 Å². The van der Waals surface area contributed by atoms with Gasteiger partial charge in [-0.05, 0) is 35.9 Å². The Morgan fingerprint density at radius 3 is 2.43 bits per heavy atom. The minimum absolute atomic E-state index is 0.229. The third-order valence-electron chi connectivity index (χ3n) is 3.17. The van der Waals surface area contributed by atoms with Crippen LogP contribution in [0.3, 0.4) is 0 Å². The fraction of sp³-hybridized carbons (Fsp3) is 0.167. The highest BCUT2D eigenvalue weighted by atomic mass is 16.5. The first kappa shape index (κ1) is 16.4. The summed E-state index contributed by atoms with van der Waals surface area (Å²) in [5.41, 5.74) is 1.51. The lowest BCUT2D eigenvalue weighted by molar-refractivity contribution is -0.111. The highest BCUT2D eigenvalue weighted by Crippen LogP contribution is 2.28. The van der Waals surface area contributed by atoms with E-state index < -0.39 is 0 Å². The Morgan fingerprint density at radius 1 is 0.957 bits per heavy atom. The number of amides is 1. The van der Waals surface area contributed by atoms with E-state index in [1.54, 1.807) is 51.7 Å². The van der Waals surface area contributed by atoms with E-state index >= 15 is 0 Å². The van der Waals surface area contributed by atoms with Gasteiger partial charge in [0.1, 0.15) is 5.75 Å². The van der Waals surface area contributed by atoms with E-state index in [-0.39, 0.29) is 5.91 Å². The summed E-state index contributed by atoms with van der Waals surface area (Å²) in [5, 5.41) is 2.78. The van der Waals surface area contributed by atoms with Crippen molar-refractivity contribution in [1.82, 2.24) is 0 Å². The second kappa shape index (κ2) is 7.89. The molecule has 0 unspecified atom stereocenters. The van der Waals surface area contributed by atoms with Gasteiger partial charge >= 0.3 is 0 Å².